The summed E-state index contributed by atoms with van der Waals surface area (Å²) in [5.41, 5.74) is 3.61. The average Bonchev–Trinajstić information content (AvgIpc) is 2.20. The highest BCUT2D eigenvalue weighted by molar-refractivity contribution is 6.19. The van der Waals surface area contributed by atoms with E-state index in [-0.39, 0.29) is 12.3 Å². The van der Waals surface area contributed by atoms with Gasteiger partial charge in [0, 0.05) is 17.7 Å². The van der Waals surface area contributed by atoms with Crippen molar-refractivity contribution in [3.8, 4) is 0 Å². The molecule has 0 spiro atoms. The number of aliphatic carboxylic acids is 1. The number of carboxylic acid groups (broad SMARTS) is 1. The molecule has 0 amide bonds. The molecule has 0 atom stereocenters. The Bertz CT molecular complexity index is 468. The van der Waals surface area contributed by atoms with Crippen molar-refractivity contribution in [3.05, 3.63) is 42.4 Å². The fourth-order valence-corrected chi connectivity index (χ4v) is 1.31. The zero-order chi connectivity index (χ0) is 12.1. The Hall–Kier alpha value is -2.19. The lowest BCUT2D eigenvalue weighted by molar-refractivity contribution is -0.690. The second-order valence-corrected chi connectivity index (χ2v) is 3.24. The van der Waals surface area contributed by atoms with Crippen LogP contribution in [0.25, 0.3) is 5.57 Å². The number of nitrogens with zero attached hydrogens (tertiary/aromatic N) is 1. The van der Waals surface area contributed by atoms with Crippen molar-refractivity contribution in [1.29, 1.82) is 0 Å². The summed E-state index contributed by atoms with van der Waals surface area (Å²) in [6.07, 6.45) is 3.12. The van der Waals surface area contributed by atoms with E-state index < -0.39 is 5.97 Å². The van der Waals surface area contributed by atoms with E-state index >= 15 is 0 Å². The van der Waals surface area contributed by atoms with E-state index in [0.717, 1.165) is 0 Å². The Labute approximate surface area is 93.2 Å². The third-order valence-corrected chi connectivity index (χ3v) is 2.02. The smallest absolute Gasteiger partial charge is 0.187 e. The lowest BCUT2D eigenvalue weighted by Crippen LogP contribution is -2.43. The van der Waals surface area contributed by atoms with Gasteiger partial charge < -0.3 is 9.90 Å². The molecule has 0 aliphatic carbocycles. The molecule has 1 heterocycles. The second-order valence-electron chi connectivity index (χ2n) is 3.24. The Morgan fingerprint density at radius 2 is 2.00 bits per heavy atom. The van der Waals surface area contributed by atoms with Crippen molar-refractivity contribution >= 4 is 17.3 Å². The molecule has 0 saturated carbocycles. The highest BCUT2D eigenvalue weighted by Crippen LogP contribution is 2.11. The minimum absolute atomic E-state index is 0.132. The molecular formula is C12H11NO3. The number of carboxylic acids is 1. The van der Waals surface area contributed by atoms with Crippen molar-refractivity contribution in [2.24, 2.45) is 0 Å². The molecule has 0 fully saturated rings. The Kier molecular flexibility index (Phi) is 3.75. The van der Waals surface area contributed by atoms with E-state index in [1.165, 1.54) is 11.5 Å². The molecule has 4 heteroatoms. The van der Waals surface area contributed by atoms with Crippen LogP contribution in [0.1, 0.15) is 12.5 Å². The molecule has 0 N–H and O–H groups in total. The van der Waals surface area contributed by atoms with E-state index in [2.05, 4.69) is 12.3 Å². The number of pyridine rings is 1. The van der Waals surface area contributed by atoms with E-state index in [9.17, 15) is 14.7 Å². The summed E-state index contributed by atoms with van der Waals surface area (Å²) in [6, 6.07) is 3.27. The van der Waals surface area contributed by atoms with Gasteiger partial charge in [-0.1, -0.05) is 6.58 Å². The maximum Gasteiger partial charge on any atom is 0.187 e. The largest absolute Gasteiger partial charge is 0.544 e. The van der Waals surface area contributed by atoms with Crippen molar-refractivity contribution in [2.45, 2.75) is 13.5 Å². The van der Waals surface area contributed by atoms with Crippen LogP contribution in [0.5, 0.6) is 0 Å². The summed E-state index contributed by atoms with van der Waals surface area (Å²) >= 11 is 0. The van der Waals surface area contributed by atoms with E-state index in [1.54, 1.807) is 24.5 Å². The molecule has 4 nitrogen and oxygen atoms in total. The first-order valence-corrected chi connectivity index (χ1v) is 4.65. The molecule has 0 aromatic carbocycles. The number of ketones is 1. The number of aromatic nitrogens is 1. The normalized spacial score (nSPS) is 9.31. The molecule has 1 aromatic rings. The molecule has 1 aromatic heterocycles. The van der Waals surface area contributed by atoms with Gasteiger partial charge in [-0.25, -0.2) is 0 Å². The van der Waals surface area contributed by atoms with Crippen LogP contribution in [0.4, 0.5) is 0 Å². The molecule has 0 saturated heterocycles. The van der Waals surface area contributed by atoms with Crippen LogP contribution < -0.4 is 9.67 Å². The van der Waals surface area contributed by atoms with Crippen molar-refractivity contribution in [1.82, 2.24) is 0 Å². The summed E-state index contributed by atoms with van der Waals surface area (Å²) in [6.45, 7) is 4.65. The van der Waals surface area contributed by atoms with Crippen molar-refractivity contribution in [2.75, 3.05) is 0 Å². The Morgan fingerprint density at radius 1 is 1.44 bits per heavy atom. The van der Waals surface area contributed by atoms with Gasteiger partial charge in [-0.2, -0.15) is 4.57 Å². The van der Waals surface area contributed by atoms with Crippen LogP contribution >= 0.6 is 0 Å². The number of hydrogen-bond acceptors (Lipinski definition) is 3. The maximum atomic E-state index is 11.2. The number of carbonyl (C=O) groups excluding carboxylic acids is 2. The van der Waals surface area contributed by atoms with Gasteiger partial charge in [0.05, 0.1) is 5.57 Å². The van der Waals surface area contributed by atoms with E-state index in [4.69, 9.17) is 0 Å². The standard InChI is InChI=1S/C12H11NO3/c1-3-11(9(2)14)10-4-6-13(7-5-10)8-12(15)16/h4-7H,1,8H2,2H3. The number of allylic oxidation sites excluding steroid dienone is 1. The average molecular weight is 217 g/mol. The molecule has 16 heavy (non-hydrogen) atoms. The fourth-order valence-electron chi connectivity index (χ4n) is 1.31. The Balaban J connectivity index is 2.99. The molecule has 1 rings (SSSR count). The lowest BCUT2D eigenvalue weighted by Gasteiger charge is -2.01. The van der Waals surface area contributed by atoms with Gasteiger partial charge in [-0.05, 0) is 6.92 Å². The molecule has 0 radical (unpaired) electrons. The maximum absolute atomic E-state index is 11.2. The van der Waals surface area contributed by atoms with Crippen molar-refractivity contribution < 1.29 is 19.3 Å². The second kappa shape index (κ2) is 5.05. The van der Waals surface area contributed by atoms with Gasteiger partial charge in [0.1, 0.15) is 5.97 Å². The van der Waals surface area contributed by atoms with Crippen LogP contribution in [0, 0.1) is 0 Å². The zero-order valence-electron chi connectivity index (χ0n) is 8.90. The Morgan fingerprint density at radius 3 is 2.38 bits per heavy atom. The van der Waals surface area contributed by atoms with Crippen LogP contribution in [0.15, 0.2) is 36.8 Å². The summed E-state index contributed by atoms with van der Waals surface area (Å²) in [5, 5.41) is 10.3. The summed E-state index contributed by atoms with van der Waals surface area (Å²) in [4.78, 5) is 21.5. The third-order valence-electron chi connectivity index (χ3n) is 2.02. The zero-order valence-corrected chi connectivity index (χ0v) is 8.90. The first-order chi connectivity index (χ1) is 7.54. The van der Waals surface area contributed by atoms with Gasteiger partial charge >= 0.3 is 0 Å². The minimum Gasteiger partial charge on any atom is -0.544 e. The number of rotatable bonds is 4. The summed E-state index contributed by atoms with van der Waals surface area (Å²) in [5.74, 6) is -1.29. The van der Waals surface area contributed by atoms with Crippen LogP contribution in [-0.4, -0.2) is 11.8 Å². The lowest BCUT2D eigenvalue weighted by atomic mass is 10.1. The van der Waals surface area contributed by atoms with Gasteiger partial charge in [-0.15, -0.1) is 5.73 Å². The van der Waals surface area contributed by atoms with Crippen LogP contribution in [0.3, 0.4) is 0 Å². The van der Waals surface area contributed by atoms with Gasteiger partial charge in [0.25, 0.3) is 0 Å². The molecular weight excluding hydrogens is 206 g/mol. The predicted molar refractivity (Wildman–Crippen MR) is 54.9 cm³/mol. The molecule has 0 unspecified atom stereocenters. The summed E-state index contributed by atoms with van der Waals surface area (Å²) in [7, 11) is 0. The van der Waals surface area contributed by atoms with Crippen LogP contribution in [-0.2, 0) is 16.1 Å². The van der Waals surface area contributed by atoms with Crippen LogP contribution in [0.2, 0.25) is 0 Å². The SMILES string of the molecule is C=C=C(C(C)=O)c1cc[n+](CC(=O)[O-])cc1. The highest BCUT2D eigenvalue weighted by atomic mass is 16.4. The van der Waals surface area contributed by atoms with Gasteiger partial charge in [-0.3, -0.25) is 4.79 Å². The molecule has 0 aliphatic heterocycles. The molecule has 82 valence electrons. The highest BCUT2D eigenvalue weighted by Gasteiger charge is 2.08. The quantitative estimate of drug-likeness (QED) is 0.387. The van der Waals surface area contributed by atoms with Gasteiger partial charge in [0.2, 0.25) is 0 Å². The number of hydrogen-bond donors (Lipinski definition) is 0. The monoisotopic (exact) mass is 217 g/mol. The van der Waals surface area contributed by atoms with E-state index in [0.29, 0.717) is 11.1 Å². The minimum atomic E-state index is -1.16. The third kappa shape index (κ3) is 2.90. The first-order valence-electron chi connectivity index (χ1n) is 4.65. The molecule has 0 bridgehead atoms. The molecule has 0 aliphatic rings. The number of carbonyl (C=O) groups is 2. The fraction of sp³-hybridized carbons (Fsp3) is 0.167. The number of Topliss-reactive ketones (excluding diaryl/α,β-unsaturated/α-hetero) is 1. The summed E-state index contributed by atoms with van der Waals surface area (Å²) < 4.78 is 1.44. The predicted octanol–water partition coefficient (Wildman–Crippen LogP) is -0.519. The van der Waals surface area contributed by atoms with Gasteiger partial charge in [0.15, 0.2) is 24.7 Å². The van der Waals surface area contributed by atoms with E-state index in [1.807, 2.05) is 0 Å². The topological polar surface area (TPSA) is 61.1 Å². The van der Waals surface area contributed by atoms with Crippen molar-refractivity contribution in [3.63, 3.8) is 0 Å². The first kappa shape index (κ1) is 11.9.